The van der Waals surface area contributed by atoms with Gasteiger partial charge in [0.25, 0.3) is 0 Å². The minimum atomic E-state index is -4.10. The van der Waals surface area contributed by atoms with Crippen molar-refractivity contribution in [1.82, 2.24) is 4.72 Å². The molecule has 8 heteroatoms. The number of hydrogen-bond acceptors (Lipinski definition) is 5. The molecule has 2 aromatic rings. The van der Waals surface area contributed by atoms with Crippen LogP contribution >= 0.6 is 0 Å². The average Bonchev–Trinajstić information content (AvgIpc) is 2.63. The summed E-state index contributed by atoms with van der Waals surface area (Å²) in [5.41, 5.74) is 2.56. The molecular weight excluding hydrogens is 380 g/mol. The second-order valence-corrected chi connectivity index (χ2v) is 8.15. The Balaban J connectivity index is 2.41. The number of nitrogens with one attached hydrogen (secondary N) is 1. The van der Waals surface area contributed by atoms with Crippen molar-refractivity contribution >= 4 is 16.0 Å². The van der Waals surface area contributed by atoms with E-state index in [1.54, 1.807) is 45.0 Å². The Labute approximate surface area is 164 Å². The second kappa shape index (κ2) is 8.42. The first-order valence-electron chi connectivity index (χ1n) is 8.49. The third-order valence-electron chi connectivity index (χ3n) is 4.56. The molecule has 0 saturated carbocycles. The average molecular weight is 402 g/mol. The number of carboxylic acid groups (broad SMARTS) is 1. The standard InChI is InChI=1S/C20H22N2O5S/c1-12-8-18(27-4)13(2)14(3)19(12)28(25,26)22-17(20(23)24)10-15-6-5-7-16(9-15)11-21/h5-9,17,22H,10H2,1-4H3,(H,23,24). The van der Waals surface area contributed by atoms with Gasteiger partial charge in [-0.2, -0.15) is 9.98 Å². The summed E-state index contributed by atoms with van der Waals surface area (Å²) in [5.74, 6) is -0.733. The smallest absolute Gasteiger partial charge is 0.322 e. The lowest BCUT2D eigenvalue weighted by atomic mass is 10.0. The van der Waals surface area contributed by atoms with Gasteiger partial charge in [0.15, 0.2) is 0 Å². The van der Waals surface area contributed by atoms with Crippen molar-refractivity contribution in [3.05, 3.63) is 58.1 Å². The maximum absolute atomic E-state index is 13.0. The van der Waals surface area contributed by atoms with Crippen molar-refractivity contribution in [1.29, 1.82) is 5.26 Å². The zero-order chi connectivity index (χ0) is 21.1. The summed E-state index contributed by atoms with van der Waals surface area (Å²) < 4.78 is 33.5. The minimum absolute atomic E-state index is 0.0443. The van der Waals surface area contributed by atoms with Crippen LogP contribution in [0.15, 0.2) is 35.2 Å². The quantitative estimate of drug-likeness (QED) is 0.735. The first kappa shape index (κ1) is 21.4. The number of ether oxygens (including phenoxy) is 1. The third-order valence-corrected chi connectivity index (χ3v) is 6.32. The molecule has 0 saturated heterocycles. The molecule has 0 amide bonds. The number of nitrogens with zero attached hydrogens (tertiary/aromatic N) is 1. The molecule has 7 nitrogen and oxygen atoms in total. The first-order valence-corrected chi connectivity index (χ1v) is 9.98. The molecular formula is C20H22N2O5S. The minimum Gasteiger partial charge on any atom is -0.496 e. The second-order valence-electron chi connectivity index (χ2n) is 6.50. The van der Waals surface area contributed by atoms with Crippen LogP contribution in [0.25, 0.3) is 0 Å². The highest BCUT2D eigenvalue weighted by molar-refractivity contribution is 7.89. The molecule has 0 fully saturated rings. The van der Waals surface area contributed by atoms with E-state index < -0.39 is 22.0 Å². The molecule has 0 heterocycles. The number of aryl methyl sites for hydroxylation is 1. The summed E-state index contributed by atoms with van der Waals surface area (Å²) in [6, 6.07) is 8.63. The van der Waals surface area contributed by atoms with E-state index in [4.69, 9.17) is 10.00 Å². The molecule has 0 bridgehead atoms. The van der Waals surface area contributed by atoms with E-state index >= 15 is 0 Å². The zero-order valence-corrected chi connectivity index (χ0v) is 16.9. The van der Waals surface area contributed by atoms with E-state index in [-0.39, 0.29) is 11.3 Å². The van der Waals surface area contributed by atoms with Gasteiger partial charge < -0.3 is 9.84 Å². The van der Waals surface area contributed by atoms with Crippen LogP contribution in [0.2, 0.25) is 0 Å². The summed E-state index contributed by atoms with van der Waals surface area (Å²) in [6.07, 6.45) is -0.0860. The molecule has 2 N–H and O–H groups in total. The van der Waals surface area contributed by atoms with Crippen LogP contribution in [-0.2, 0) is 21.2 Å². The molecule has 0 aliphatic heterocycles. The predicted octanol–water partition coefficient (Wildman–Crippen LogP) is 2.47. The Morgan fingerprint density at radius 1 is 1.25 bits per heavy atom. The van der Waals surface area contributed by atoms with E-state index in [2.05, 4.69) is 4.72 Å². The number of nitriles is 1. The molecule has 2 rings (SSSR count). The van der Waals surface area contributed by atoms with Gasteiger partial charge in [-0.15, -0.1) is 0 Å². The number of methoxy groups -OCH3 is 1. The van der Waals surface area contributed by atoms with Crippen LogP contribution in [0.1, 0.15) is 27.8 Å². The maximum atomic E-state index is 13.0. The molecule has 0 aliphatic rings. The molecule has 1 atom stereocenters. The number of carbonyl (C=O) groups is 1. The third kappa shape index (κ3) is 4.50. The van der Waals surface area contributed by atoms with E-state index in [1.807, 2.05) is 6.07 Å². The van der Waals surface area contributed by atoms with E-state index in [1.165, 1.54) is 13.2 Å². The summed E-state index contributed by atoms with van der Waals surface area (Å²) >= 11 is 0. The van der Waals surface area contributed by atoms with Gasteiger partial charge in [-0.05, 0) is 67.6 Å². The largest absolute Gasteiger partial charge is 0.496 e. The molecule has 0 spiro atoms. The van der Waals surface area contributed by atoms with Crippen LogP contribution in [0.4, 0.5) is 0 Å². The first-order chi connectivity index (χ1) is 13.1. The van der Waals surface area contributed by atoms with Crippen molar-refractivity contribution in [3.63, 3.8) is 0 Å². The van der Waals surface area contributed by atoms with Crippen molar-refractivity contribution in [2.24, 2.45) is 0 Å². The molecule has 0 aliphatic carbocycles. The normalized spacial score (nSPS) is 12.2. The Bertz CT molecular complexity index is 1050. The van der Waals surface area contributed by atoms with Gasteiger partial charge in [-0.3, -0.25) is 4.79 Å². The molecule has 1 unspecified atom stereocenters. The van der Waals surface area contributed by atoms with E-state index in [0.717, 1.165) is 0 Å². The van der Waals surface area contributed by atoms with Gasteiger partial charge in [0.05, 0.1) is 23.6 Å². The lowest BCUT2D eigenvalue weighted by Gasteiger charge is -2.19. The van der Waals surface area contributed by atoms with Crippen LogP contribution < -0.4 is 9.46 Å². The highest BCUT2D eigenvalue weighted by Gasteiger charge is 2.29. The summed E-state index contributed by atoms with van der Waals surface area (Å²) in [5, 5.41) is 18.5. The summed E-state index contributed by atoms with van der Waals surface area (Å²) in [7, 11) is -2.60. The maximum Gasteiger partial charge on any atom is 0.322 e. The number of hydrogen-bond donors (Lipinski definition) is 2. The number of carboxylic acids is 1. The van der Waals surface area contributed by atoms with Gasteiger partial charge in [-0.25, -0.2) is 8.42 Å². The molecule has 2 aromatic carbocycles. The highest BCUT2D eigenvalue weighted by Crippen LogP contribution is 2.30. The van der Waals surface area contributed by atoms with Crippen molar-refractivity contribution in [3.8, 4) is 11.8 Å². The Morgan fingerprint density at radius 3 is 2.50 bits per heavy atom. The monoisotopic (exact) mass is 402 g/mol. The number of aliphatic carboxylic acids is 1. The lowest BCUT2D eigenvalue weighted by molar-refractivity contribution is -0.138. The number of sulfonamides is 1. The number of benzene rings is 2. The topological polar surface area (TPSA) is 116 Å². The fourth-order valence-electron chi connectivity index (χ4n) is 3.08. The number of rotatable bonds is 7. The zero-order valence-electron chi connectivity index (χ0n) is 16.1. The van der Waals surface area contributed by atoms with Gasteiger partial charge in [-0.1, -0.05) is 12.1 Å². The van der Waals surface area contributed by atoms with Crippen LogP contribution in [0.3, 0.4) is 0 Å². The van der Waals surface area contributed by atoms with E-state index in [0.29, 0.717) is 33.6 Å². The van der Waals surface area contributed by atoms with Crippen LogP contribution in [0, 0.1) is 32.1 Å². The lowest BCUT2D eigenvalue weighted by Crippen LogP contribution is -2.42. The SMILES string of the molecule is COc1cc(C)c(S(=O)(=O)NC(Cc2cccc(C#N)c2)C(=O)O)c(C)c1C. The molecule has 148 valence electrons. The van der Waals surface area contributed by atoms with Gasteiger partial charge >= 0.3 is 5.97 Å². The predicted molar refractivity (Wildman–Crippen MR) is 104 cm³/mol. The van der Waals surface area contributed by atoms with Crippen LogP contribution in [0.5, 0.6) is 5.75 Å². The van der Waals surface area contributed by atoms with Gasteiger partial charge in [0.1, 0.15) is 11.8 Å². The summed E-state index contributed by atoms with van der Waals surface area (Å²) in [6.45, 7) is 5.04. The van der Waals surface area contributed by atoms with Crippen LogP contribution in [-0.4, -0.2) is 32.6 Å². The Morgan fingerprint density at radius 2 is 1.93 bits per heavy atom. The van der Waals surface area contributed by atoms with Gasteiger partial charge in [0, 0.05) is 0 Å². The Kier molecular flexibility index (Phi) is 6.44. The summed E-state index contributed by atoms with van der Waals surface area (Å²) in [4.78, 5) is 11.7. The fourth-order valence-corrected chi connectivity index (χ4v) is 4.79. The Hall–Kier alpha value is -2.89. The highest BCUT2D eigenvalue weighted by atomic mass is 32.2. The molecule has 0 aromatic heterocycles. The molecule has 0 radical (unpaired) electrons. The van der Waals surface area contributed by atoms with Gasteiger partial charge in [0.2, 0.25) is 10.0 Å². The molecule has 28 heavy (non-hydrogen) atoms. The fraction of sp³-hybridized carbons (Fsp3) is 0.300. The van der Waals surface area contributed by atoms with Crippen molar-refractivity contribution in [2.45, 2.75) is 38.1 Å². The van der Waals surface area contributed by atoms with Crippen molar-refractivity contribution < 1.29 is 23.1 Å². The van der Waals surface area contributed by atoms with Crippen molar-refractivity contribution in [2.75, 3.05) is 7.11 Å². The van der Waals surface area contributed by atoms with E-state index in [9.17, 15) is 18.3 Å².